The number of anilines is 1. The molecule has 2 N–H and O–H groups in total. The van der Waals surface area contributed by atoms with Gasteiger partial charge in [-0.05, 0) is 26.0 Å². The number of amides is 3. The average Bonchev–Trinajstić information content (AvgIpc) is 3.03. The van der Waals surface area contributed by atoms with Crippen LogP contribution in [0.15, 0.2) is 52.7 Å². The molecule has 2 aromatic rings. The van der Waals surface area contributed by atoms with Gasteiger partial charge in [-0.15, -0.1) is 6.58 Å². The zero-order chi connectivity index (χ0) is 20.4. The molecular formula is C19H18ClFN4O3. The molecule has 0 fully saturated rings. The van der Waals surface area contributed by atoms with Gasteiger partial charge in [0, 0.05) is 28.9 Å². The number of urea groups is 1. The summed E-state index contributed by atoms with van der Waals surface area (Å²) in [5, 5.41) is 9.09. The highest BCUT2D eigenvalue weighted by Gasteiger charge is 2.37. The molecule has 1 aliphatic heterocycles. The van der Waals surface area contributed by atoms with Gasteiger partial charge in [0.2, 0.25) is 0 Å². The van der Waals surface area contributed by atoms with Crippen molar-refractivity contribution in [2.24, 2.45) is 0 Å². The number of nitrogens with one attached hydrogen (secondary N) is 2. The lowest BCUT2D eigenvalue weighted by molar-refractivity contribution is -0.113. The minimum absolute atomic E-state index is 0.0107. The number of benzene rings is 1. The largest absolute Gasteiger partial charge is 0.360 e. The fraction of sp³-hybridized carbons (Fsp3) is 0.211. The first-order chi connectivity index (χ1) is 13.3. The van der Waals surface area contributed by atoms with Gasteiger partial charge < -0.3 is 15.2 Å². The molecule has 1 aromatic carbocycles. The smallest absolute Gasteiger partial charge is 0.322 e. The van der Waals surface area contributed by atoms with Crippen LogP contribution in [0, 0.1) is 12.7 Å². The Hall–Kier alpha value is -3.13. The Balaban J connectivity index is 2.10. The quantitative estimate of drug-likeness (QED) is 0.739. The normalized spacial score (nSPS) is 16.8. The zero-order valence-electron chi connectivity index (χ0n) is 15.3. The van der Waals surface area contributed by atoms with Crippen LogP contribution in [0.1, 0.15) is 24.3 Å². The summed E-state index contributed by atoms with van der Waals surface area (Å²) in [7, 11) is 0. The Morgan fingerprint density at radius 1 is 1.50 bits per heavy atom. The molecule has 0 unspecified atom stereocenters. The highest BCUT2D eigenvalue weighted by Crippen LogP contribution is 2.36. The molecule has 1 atom stereocenters. The average molecular weight is 405 g/mol. The monoisotopic (exact) mass is 404 g/mol. The minimum atomic E-state index is -1.07. The second kappa shape index (κ2) is 7.85. The van der Waals surface area contributed by atoms with E-state index in [4.69, 9.17) is 16.1 Å². The van der Waals surface area contributed by atoms with Crippen molar-refractivity contribution in [1.29, 1.82) is 0 Å². The number of hydrogen-bond acceptors (Lipinski definition) is 4. The molecule has 2 heterocycles. The summed E-state index contributed by atoms with van der Waals surface area (Å²) in [4.78, 5) is 26.9. The van der Waals surface area contributed by atoms with Crippen LogP contribution in [0.2, 0.25) is 5.02 Å². The Morgan fingerprint density at radius 2 is 2.25 bits per heavy atom. The van der Waals surface area contributed by atoms with Gasteiger partial charge in [0.25, 0.3) is 5.91 Å². The van der Waals surface area contributed by atoms with Crippen molar-refractivity contribution in [3.05, 3.63) is 70.4 Å². The van der Waals surface area contributed by atoms with Gasteiger partial charge in [0.05, 0.1) is 11.6 Å². The van der Waals surface area contributed by atoms with Gasteiger partial charge in [0.1, 0.15) is 11.6 Å². The third kappa shape index (κ3) is 3.63. The van der Waals surface area contributed by atoms with E-state index < -0.39 is 23.8 Å². The molecule has 0 spiro atoms. The molecule has 3 amide bonds. The summed E-state index contributed by atoms with van der Waals surface area (Å²) < 4.78 is 19.5. The number of aryl methyl sites for hydroxylation is 1. The summed E-state index contributed by atoms with van der Waals surface area (Å²) >= 11 is 6.19. The van der Waals surface area contributed by atoms with Gasteiger partial charge in [-0.25, -0.2) is 9.18 Å². The van der Waals surface area contributed by atoms with E-state index in [2.05, 4.69) is 22.4 Å². The van der Waals surface area contributed by atoms with Crippen LogP contribution < -0.4 is 10.6 Å². The lowest BCUT2D eigenvalue weighted by atomic mass is 9.93. The molecule has 28 heavy (non-hydrogen) atoms. The lowest BCUT2D eigenvalue weighted by Gasteiger charge is -2.35. The van der Waals surface area contributed by atoms with E-state index in [-0.39, 0.29) is 28.5 Å². The molecule has 0 aliphatic carbocycles. The topological polar surface area (TPSA) is 87.5 Å². The van der Waals surface area contributed by atoms with E-state index in [0.717, 1.165) is 0 Å². The maximum atomic E-state index is 14.6. The van der Waals surface area contributed by atoms with Crippen molar-refractivity contribution in [1.82, 2.24) is 15.4 Å². The van der Waals surface area contributed by atoms with Gasteiger partial charge in [-0.3, -0.25) is 9.69 Å². The van der Waals surface area contributed by atoms with E-state index in [9.17, 15) is 14.0 Å². The predicted molar refractivity (Wildman–Crippen MR) is 102 cm³/mol. The SMILES string of the molecule is C=CCN1C(=O)N[C@H](c2c(F)cccc2Cl)C(C(=O)Nc2cc(C)on2)=C1C. The van der Waals surface area contributed by atoms with E-state index in [1.54, 1.807) is 19.9 Å². The van der Waals surface area contributed by atoms with Crippen molar-refractivity contribution < 1.29 is 18.5 Å². The fourth-order valence-corrected chi connectivity index (χ4v) is 3.31. The van der Waals surface area contributed by atoms with Crippen LogP contribution >= 0.6 is 11.6 Å². The fourth-order valence-electron chi connectivity index (χ4n) is 3.04. The summed E-state index contributed by atoms with van der Waals surface area (Å²) in [6, 6.07) is 4.14. The number of rotatable bonds is 5. The molecule has 1 aliphatic rings. The zero-order valence-corrected chi connectivity index (χ0v) is 16.0. The van der Waals surface area contributed by atoms with Crippen LogP contribution in [0.3, 0.4) is 0 Å². The van der Waals surface area contributed by atoms with Gasteiger partial charge in [0.15, 0.2) is 5.82 Å². The van der Waals surface area contributed by atoms with Crippen LogP contribution in [-0.4, -0.2) is 28.5 Å². The Morgan fingerprint density at radius 3 is 2.86 bits per heavy atom. The number of halogens is 2. The Bertz CT molecular complexity index is 965. The van der Waals surface area contributed by atoms with E-state index in [1.165, 1.54) is 29.2 Å². The molecular weight excluding hydrogens is 387 g/mol. The maximum Gasteiger partial charge on any atom is 0.322 e. The molecule has 146 valence electrons. The van der Waals surface area contributed by atoms with Crippen LogP contribution in [0.5, 0.6) is 0 Å². The molecule has 0 radical (unpaired) electrons. The van der Waals surface area contributed by atoms with Crippen LogP contribution in [-0.2, 0) is 4.79 Å². The van der Waals surface area contributed by atoms with Crippen molar-refractivity contribution in [2.75, 3.05) is 11.9 Å². The van der Waals surface area contributed by atoms with Crippen molar-refractivity contribution >= 4 is 29.4 Å². The third-order valence-corrected chi connectivity index (χ3v) is 4.64. The second-order valence-electron chi connectivity index (χ2n) is 6.19. The molecule has 7 nitrogen and oxygen atoms in total. The van der Waals surface area contributed by atoms with E-state index in [1.807, 2.05) is 0 Å². The third-order valence-electron chi connectivity index (χ3n) is 4.31. The number of allylic oxidation sites excluding steroid dienone is 1. The van der Waals surface area contributed by atoms with Crippen molar-refractivity contribution in [3.63, 3.8) is 0 Å². The number of hydrogen-bond donors (Lipinski definition) is 2. The molecule has 1 aromatic heterocycles. The lowest BCUT2D eigenvalue weighted by Crippen LogP contribution is -2.48. The van der Waals surface area contributed by atoms with Gasteiger partial charge in [-0.1, -0.05) is 28.9 Å². The van der Waals surface area contributed by atoms with Crippen LogP contribution in [0.25, 0.3) is 0 Å². The summed E-state index contributed by atoms with van der Waals surface area (Å²) in [6.45, 7) is 7.08. The first-order valence-electron chi connectivity index (χ1n) is 8.41. The van der Waals surface area contributed by atoms with Crippen molar-refractivity contribution in [3.8, 4) is 0 Å². The molecule has 9 heteroatoms. The molecule has 0 bridgehead atoms. The Kier molecular flexibility index (Phi) is 5.51. The van der Waals surface area contributed by atoms with Crippen LogP contribution in [0.4, 0.5) is 15.0 Å². The van der Waals surface area contributed by atoms with Crippen molar-refractivity contribution in [2.45, 2.75) is 19.9 Å². The van der Waals surface area contributed by atoms with Gasteiger partial charge in [-0.2, -0.15) is 0 Å². The van der Waals surface area contributed by atoms with E-state index in [0.29, 0.717) is 11.5 Å². The Labute approximate surface area is 165 Å². The number of aromatic nitrogens is 1. The molecule has 3 rings (SSSR count). The highest BCUT2D eigenvalue weighted by atomic mass is 35.5. The molecule has 0 saturated carbocycles. The summed E-state index contributed by atoms with van der Waals surface area (Å²) in [5.74, 6) is -0.484. The summed E-state index contributed by atoms with van der Waals surface area (Å²) in [5.41, 5.74) is 0.497. The van der Waals surface area contributed by atoms with Gasteiger partial charge >= 0.3 is 6.03 Å². The number of carbonyl (C=O) groups is 2. The molecule has 0 saturated heterocycles. The number of carbonyl (C=O) groups excluding carboxylic acids is 2. The number of nitrogens with zero attached hydrogens (tertiary/aromatic N) is 2. The van der Waals surface area contributed by atoms with E-state index >= 15 is 0 Å². The predicted octanol–water partition coefficient (Wildman–Crippen LogP) is 3.94. The standard InChI is InChI=1S/C19H18ClFN4O3/c1-4-8-25-11(3)15(18(26)22-14-9-10(2)28-24-14)17(23-19(25)27)16-12(20)6-5-7-13(16)21/h4-7,9,17H,1,8H2,2-3H3,(H,23,27)(H,22,24,26)/t17-/m0/s1. The summed E-state index contributed by atoms with van der Waals surface area (Å²) in [6.07, 6.45) is 1.52. The maximum absolute atomic E-state index is 14.6. The first kappa shape index (κ1) is 19.6. The minimum Gasteiger partial charge on any atom is -0.360 e. The second-order valence-corrected chi connectivity index (χ2v) is 6.60. The highest BCUT2D eigenvalue weighted by molar-refractivity contribution is 6.31. The first-order valence-corrected chi connectivity index (χ1v) is 8.79.